The number of nitrogens with zero attached hydrogens (tertiary/aromatic N) is 1. The van der Waals surface area contributed by atoms with Gasteiger partial charge < -0.3 is 24.3 Å². The van der Waals surface area contributed by atoms with Gasteiger partial charge in [-0.25, -0.2) is 0 Å². The molecule has 2 N–H and O–H groups in total. The quantitative estimate of drug-likeness (QED) is 0.510. The van der Waals surface area contributed by atoms with Gasteiger partial charge in [0.05, 0.1) is 31.3 Å². The summed E-state index contributed by atoms with van der Waals surface area (Å²) in [6.45, 7) is 6.03. The highest BCUT2D eigenvalue weighted by molar-refractivity contribution is 6.00. The average Bonchev–Trinajstić information content (AvgIpc) is 2.85. The van der Waals surface area contributed by atoms with Gasteiger partial charge in [0.15, 0.2) is 23.4 Å². The van der Waals surface area contributed by atoms with Gasteiger partial charge in [-0.15, -0.1) is 0 Å². The van der Waals surface area contributed by atoms with E-state index in [1.54, 1.807) is 31.2 Å². The van der Waals surface area contributed by atoms with E-state index in [0.717, 1.165) is 19.6 Å². The molecule has 0 spiro atoms. The first kappa shape index (κ1) is 23.5. The van der Waals surface area contributed by atoms with Crippen molar-refractivity contribution in [3.63, 3.8) is 0 Å². The van der Waals surface area contributed by atoms with Crippen LogP contribution < -0.4 is 15.5 Å². The fourth-order valence-electron chi connectivity index (χ4n) is 4.07. The van der Waals surface area contributed by atoms with Crippen LogP contribution >= 0.6 is 0 Å². The number of ether oxygens (including phenoxy) is 2. The van der Waals surface area contributed by atoms with Crippen molar-refractivity contribution in [3.8, 4) is 22.6 Å². The fraction of sp³-hybridized carbons (Fsp3) is 0.320. The van der Waals surface area contributed by atoms with Gasteiger partial charge in [-0.3, -0.25) is 19.3 Å². The highest BCUT2D eigenvalue weighted by atomic mass is 16.5. The first-order chi connectivity index (χ1) is 16.4. The molecule has 9 heteroatoms. The third-order valence-electron chi connectivity index (χ3n) is 5.92. The topological polar surface area (TPSA) is 118 Å². The maximum absolute atomic E-state index is 13.3. The molecule has 2 heterocycles. The molecule has 178 valence electrons. The van der Waals surface area contributed by atoms with Crippen LogP contribution in [0.25, 0.3) is 22.1 Å². The molecule has 34 heavy (non-hydrogen) atoms. The van der Waals surface area contributed by atoms with Crippen LogP contribution in [0.5, 0.6) is 11.5 Å². The first-order valence-electron chi connectivity index (χ1n) is 11.0. The van der Waals surface area contributed by atoms with Gasteiger partial charge in [-0.1, -0.05) is 12.1 Å². The van der Waals surface area contributed by atoms with Crippen LogP contribution in [0.1, 0.15) is 26.5 Å². The second-order valence-corrected chi connectivity index (χ2v) is 7.99. The maximum atomic E-state index is 13.3. The van der Waals surface area contributed by atoms with Crippen LogP contribution in [0.4, 0.5) is 0 Å². The third kappa shape index (κ3) is 4.52. The van der Waals surface area contributed by atoms with Crippen LogP contribution in [0, 0.1) is 6.92 Å². The number of aromatic hydroxyl groups is 1. The Hall–Kier alpha value is -3.69. The van der Waals surface area contributed by atoms with Gasteiger partial charge in [0.25, 0.3) is 5.91 Å². The van der Waals surface area contributed by atoms with Crippen molar-refractivity contribution in [3.05, 3.63) is 57.4 Å². The number of methoxy groups -OCH3 is 1. The Morgan fingerprint density at radius 3 is 2.59 bits per heavy atom. The zero-order chi connectivity index (χ0) is 24.2. The number of hydrogen-bond acceptors (Lipinski definition) is 8. The zero-order valence-corrected chi connectivity index (χ0v) is 19.1. The lowest BCUT2D eigenvalue weighted by molar-refractivity contribution is 0.0383. The molecule has 9 nitrogen and oxygen atoms in total. The van der Waals surface area contributed by atoms with Gasteiger partial charge >= 0.3 is 0 Å². The van der Waals surface area contributed by atoms with E-state index in [1.165, 1.54) is 13.2 Å². The van der Waals surface area contributed by atoms with Crippen LogP contribution in [0.15, 0.2) is 39.5 Å². The van der Waals surface area contributed by atoms with Crippen molar-refractivity contribution in [2.75, 3.05) is 46.5 Å². The highest BCUT2D eigenvalue weighted by Gasteiger charge is 2.21. The molecule has 0 bridgehead atoms. The van der Waals surface area contributed by atoms with E-state index in [0.29, 0.717) is 42.7 Å². The predicted molar refractivity (Wildman–Crippen MR) is 126 cm³/mol. The molecule has 1 aliphatic rings. The van der Waals surface area contributed by atoms with Gasteiger partial charge in [-0.2, -0.15) is 0 Å². The van der Waals surface area contributed by atoms with Gasteiger partial charge in [0.1, 0.15) is 11.3 Å². The number of aldehydes is 1. The van der Waals surface area contributed by atoms with Crippen molar-refractivity contribution >= 4 is 23.2 Å². The van der Waals surface area contributed by atoms with Crippen LogP contribution in [0.2, 0.25) is 0 Å². The number of benzene rings is 2. The standard InChI is InChI=1S/C25H26N2O7/c1-15-21(23(30)18-13-20(32-2)22(29)19(14-28)24(18)34-15)16-3-5-17(6-4-16)25(31)26-7-8-27-9-11-33-12-10-27/h3-6,13-14,29H,7-12H2,1-2H3,(H,26,31). The Labute approximate surface area is 195 Å². The zero-order valence-electron chi connectivity index (χ0n) is 19.1. The number of rotatable bonds is 7. The minimum atomic E-state index is -0.385. The van der Waals surface area contributed by atoms with Crippen molar-refractivity contribution in [2.45, 2.75) is 6.92 Å². The molecule has 1 fully saturated rings. The molecular weight excluding hydrogens is 440 g/mol. The van der Waals surface area contributed by atoms with E-state index in [9.17, 15) is 19.5 Å². The Kier molecular flexibility index (Phi) is 6.95. The molecule has 3 aromatic rings. The molecule has 0 atom stereocenters. The van der Waals surface area contributed by atoms with E-state index >= 15 is 0 Å². The molecule has 1 aliphatic heterocycles. The number of phenols is 1. The lowest BCUT2D eigenvalue weighted by Crippen LogP contribution is -2.41. The lowest BCUT2D eigenvalue weighted by Gasteiger charge is -2.26. The summed E-state index contributed by atoms with van der Waals surface area (Å²) in [5.41, 5.74) is 0.821. The molecule has 1 amide bonds. The minimum Gasteiger partial charge on any atom is -0.504 e. The summed E-state index contributed by atoms with van der Waals surface area (Å²) < 4.78 is 16.2. The predicted octanol–water partition coefficient (Wildman–Crippen LogP) is 2.36. The molecular formula is C25H26N2O7. The van der Waals surface area contributed by atoms with Crippen molar-refractivity contribution < 1.29 is 28.6 Å². The summed E-state index contributed by atoms with van der Waals surface area (Å²) in [5, 5.41) is 13.2. The normalized spacial score (nSPS) is 14.2. The summed E-state index contributed by atoms with van der Waals surface area (Å²) in [6.07, 6.45) is 0.425. The number of nitrogens with one attached hydrogen (secondary N) is 1. The monoisotopic (exact) mass is 466 g/mol. The summed E-state index contributed by atoms with van der Waals surface area (Å²) >= 11 is 0. The number of carbonyl (C=O) groups is 2. The molecule has 0 unspecified atom stereocenters. The van der Waals surface area contributed by atoms with E-state index in [2.05, 4.69) is 10.2 Å². The van der Waals surface area contributed by atoms with Crippen molar-refractivity contribution in [1.29, 1.82) is 0 Å². The maximum Gasteiger partial charge on any atom is 0.251 e. The number of carbonyl (C=O) groups excluding carboxylic acids is 2. The van der Waals surface area contributed by atoms with Crippen LogP contribution in [-0.2, 0) is 4.74 Å². The van der Waals surface area contributed by atoms with Crippen LogP contribution in [-0.4, -0.2) is 68.7 Å². The van der Waals surface area contributed by atoms with E-state index in [4.69, 9.17) is 13.9 Å². The number of morpholine rings is 1. The third-order valence-corrected chi connectivity index (χ3v) is 5.92. The number of hydrogen-bond donors (Lipinski definition) is 2. The fourth-order valence-corrected chi connectivity index (χ4v) is 4.07. The van der Waals surface area contributed by atoms with Crippen molar-refractivity contribution in [2.24, 2.45) is 0 Å². The Morgan fingerprint density at radius 1 is 1.24 bits per heavy atom. The van der Waals surface area contributed by atoms with Crippen molar-refractivity contribution in [1.82, 2.24) is 10.2 Å². The van der Waals surface area contributed by atoms with Gasteiger partial charge in [0.2, 0.25) is 5.43 Å². The summed E-state index contributed by atoms with van der Waals surface area (Å²) in [6, 6.07) is 8.01. The Morgan fingerprint density at radius 2 is 1.94 bits per heavy atom. The number of aryl methyl sites for hydroxylation is 1. The number of fused-ring (bicyclic) bond motifs is 1. The molecule has 4 rings (SSSR count). The smallest absolute Gasteiger partial charge is 0.251 e. The molecule has 2 aromatic carbocycles. The summed E-state index contributed by atoms with van der Waals surface area (Å²) in [5.74, 6) is -0.295. The van der Waals surface area contributed by atoms with Crippen LogP contribution in [0.3, 0.4) is 0 Å². The molecule has 0 saturated carbocycles. The number of phenolic OH excluding ortho intramolecular Hbond substituents is 1. The van der Waals surface area contributed by atoms with Gasteiger partial charge in [0, 0.05) is 31.7 Å². The second-order valence-electron chi connectivity index (χ2n) is 7.99. The molecule has 1 aromatic heterocycles. The average molecular weight is 466 g/mol. The molecule has 1 saturated heterocycles. The van der Waals surface area contributed by atoms with Gasteiger partial charge in [-0.05, 0) is 30.7 Å². The summed E-state index contributed by atoms with van der Waals surface area (Å²) in [4.78, 5) is 39.6. The Bertz CT molecular complexity index is 1280. The second kappa shape index (κ2) is 10.1. The molecule has 0 radical (unpaired) electrons. The van der Waals surface area contributed by atoms with E-state index < -0.39 is 0 Å². The first-order valence-corrected chi connectivity index (χ1v) is 11.0. The van der Waals surface area contributed by atoms with E-state index in [1.807, 2.05) is 0 Å². The SMILES string of the molecule is COc1cc2c(=O)c(-c3ccc(C(=O)NCCN4CCOCC4)cc3)c(C)oc2c(C=O)c1O. The summed E-state index contributed by atoms with van der Waals surface area (Å²) in [7, 11) is 1.33. The highest BCUT2D eigenvalue weighted by Crippen LogP contribution is 2.36. The number of amides is 1. The molecule has 0 aliphatic carbocycles. The lowest BCUT2D eigenvalue weighted by atomic mass is 9.99. The van der Waals surface area contributed by atoms with E-state index in [-0.39, 0.29) is 45.1 Å². The minimum absolute atomic E-state index is 0.000742. The largest absolute Gasteiger partial charge is 0.504 e. The Balaban J connectivity index is 1.58.